The van der Waals surface area contributed by atoms with Crippen molar-refractivity contribution in [1.29, 1.82) is 0 Å². The average molecular weight is 246 g/mol. The monoisotopic (exact) mass is 246 g/mol. The Labute approximate surface area is 104 Å². The fourth-order valence-electron chi connectivity index (χ4n) is 1.58. The van der Waals surface area contributed by atoms with Crippen LogP contribution in [0.2, 0.25) is 0 Å². The lowest BCUT2D eigenvalue weighted by Gasteiger charge is -2.07. The Morgan fingerprint density at radius 2 is 2.22 bits per heavy atom. The highest BCUT2D eigenvalue weighted by atomic mass is 16.5. The standard InChI is InChI=1S/C12H14N4O2/c1-14-12(17)10-5-6-16(15-10)11-4-3-8(18-2)7-9(11)13/h3-7H,13H2,1-2H3,(H,14,17). The smallest absolute Gasteiger partial charge is 0.271 e. The molecular formula is C12H14N4O2. The Bertz CT molecular complexity index is 577. The SMILES string of the molecule is CNC(=O)c1ccn(-c2ccc(OC)cc2N)n1. The first-order chi connectivity index (χ1) is 8.65. The van der Waals surface area contributed by atoms with E-state index < -0.39 is 0 Å². The maximum absolute atomic E-state index is 11.4. The van der Waals surface area contributed by atoms with Gasteiger partial charge in [0.15, 0.2) is 5.69 Å². The van der Waals surface area contributed by atoms with Crippen LogP contribution in [0.3, 0.4) is 0 Å². The summed E-state index contributed by atoms with van der Waals surface area (Å²) in [6.45, 7) is 0. The molecule has 0 atom stereocenters. The van der Waals surface area contributed by atoms with Gasteiger partial charge in [0, 0.05) is 19.3 Å². The zero-order chi connectivity index (χ0) is 13.1. The number of hydrogen-bond acceptors (Lipinski definition) is 4. The van der Waals surface area contributed by atoms with E-state index in [-0.39, 0.29) is 5.91 Å². The van der Waals surface area contributed by atoms with Crippen LogP contribution < -0.4 is 15.8 Å². The molecule has 0 aliphatic rings. The minimum absolute atomic E-state index is 0.235. The number of carbonyl (C=O) groups is 1. The summed E-state index contributed by atoms with van der Waals surface area (Å²) in [5.74, 6) is 0.441. The van der Waals surface area contributed by atoms with E-state index in [1.165, 1.54) is 0 Å². The Balaban J connectivity index is 2.37. The van der Waals surface area contributed by atoms with Crippen LogP contribution in [0.5, 0.6) is 5.75 Å². The highest BCUT2D eigenvalue weighted by Crippen LogP contribution is 2.22. The van der Waals surface area contributed by atoms with Gasteiger partial charge in [-0.3, -0.25) is 4.79 Å². The van der Waals surface area contributed by atoms with E-state index in [0.29, 0.717) is 22.8 Å². The minimum atomic E-state index is -0.235. The van der Waals surface area contributed by atoms with Gasteiger partial charge in [-0.2, -0.15) is 5.10 Å². The van der Waals surface area contributed by atoms with Crippen LogP contribution in [-0.2, 0) is 0 Å². The molecule has 1 amide bonds. The molecule has 0 radical (unpaired) electrons. The summed E-state index contributed by atoms with van der Waals surface area (Å²) in [4.78, 5) is 11.4. The lowest BCUT2D eigenvalue weighted by Crippen LogP contribution is -2.18. The number of nitrogens with zero attached hydrogens (tertiary/aromatic N) is 2. The van der Waals surface area contributed by atoms with E-state index in [4.69, 9.17) is 10.5 Å². The number of methoxy groups -OCH3 is 1. The number of nitrogens with two attached hydrogens (primary N) is 1. The van der Waals surface area contributed by atoms with E-state index in [1.807, 2.05) is 0 Å². The molecule has 6 heteroatoms. The molecule has 6 nitrogen and oxygen atoms in total. The van der Waals surface area contributed by atoms with Gasteiger partial charge in [0.25, 0.3) is 5.91 Å². The van der Waals surface area contributed by atoms with Crippen molar-refractivity contribution in [3.63, 3.8) is 0 Å². The highest BCUT2D eigenvalue weighted by Gasteiger charge is 2.10. The summed E-state index contributed by atoms with van der Waals surface area (Å²) < 4.78 is 6.63. The maximum Gasteiger partial charge on any atom is 0.271 e. The third-order valence-electron chi connectivity index (χ3n) is 2.53. The number of nitrogens with one attached hydrogen (secondary N) is 1. The van der Waals surface area contributed by atoms with Crippen LogP contribution in [0.15, 0.2) is 30.5 Å². The van der Waals surface area contributed by atoms with Gasteiger partial charge in [-0.05, 0) is 18.2 Å². The topological polar surface area (TPSA) is 82.2 Å². The lowest BCUT2D eigenvalue weighted by atomic mass is 10.2. The van der Waals surface area contributed by atoms with E-state index in [9.17, 15) is 4.79 Å². The summed E-state index contributed by atoms with van der Waals surface area (Å²) in [6, 6.07) is 6.90. The molecule has 0 saturated heterocycles. The van der Waals surface area contributed by atoms with Crippen LogP contribution >= 0.6 is 0 Å². The number of nitrogen functional groups attached to an aromatic ring is 1. The van der Waals surface area contributed by atoms with E-state index >= 15 is 0 Å². The predicted molar refractivity (Wildman–Crippen MR) is 67.9 cm³/mol. The van der Waals surface area contributed by atoms with E-state index in [2.05, 4.69) is 10.4 Å². The Hall–Kier alpha value is -2.50. The number of rotatable bonds is 3. The number of carbonyl (C=O) groups excluding carboxylic acids is 1. The molecule has 3 N–H and O–H groups in total. The maximum atomic E-state index is 11.4. The van der Waals surface area contributed by atoms with Crippen molar-refractivity contribution in [2.24, 2.45) is 0 Å². The van der Waals surface area contributed by atoms with Crippen LogP contribution in [0.1, 0.15) is 10.5 Å². The van der Waals surface area contributed by atoms with Crippen molar-refractivity contribution in [2.75, 3.05) is 19.9 Å². The summed E-state index contributed by atoms with van der Waals surface area (Å²) in [7, 11) is 3.13. The van der Waals surface area contributed by atoms with Crippen molar-refractivity contribution in [3.8, 4) is 11.4 Å². The molecular weight excluding hydrogens is 232 g/mol. The number of ether oxygens (including phenoxy) is 1. The predicted octanol–water partition coefficient (Wildman–Crippen LogP) is 0.823. The van der Waals surface area contributed by atoms with Crippen molar-refractivity contribution < 1.29 is 9.53 Å². The average Bonchev–Trinajstić information content (AvgIpc) is 2.87. The molecule has 0 spiro atoms. The summed E-state index contributed by atoms with van der Waals surface area (Å²) in [5, 5.41) is 6.66. The van der Waals surface area contributed by atoms with Crippen molar-refractivity contribution in [1.82, 2.24) is 15.1 Å². The van der Waals surface area contributed by atoms with Crippen molar-refractivity contribution in [2.45, 2.75) is 0 Å². The van der Waals surface area contributed by atoms with Gasteiger partial charge in [0.2, 0.25) is 0 Å². The molecule has 0 aliphatic carbocycles. The Kier molecular flexibility index (Phi) is 3.18. The fraction of sp³-hybridized carbons (Fsp3) is 0.167. The Morgan fingerprint density at radius 3 is 2.83 bits per heavy atom. The molecule has 1 heterocycles. The second-order valence-corrected chi connectivity index (χ2v) is 3.65. The number of hydrogen-bond donors (Lipinski definition) is 2. The first-order valence-corrected chi connectivity index (χ1v) is 5.37. The van der Waals surface area contributed by atoms with Gasteiger partial charge in [-0.25, -0.2) is 4.68 Å². The number of anilines is 1. The molecule has 0 fully saturated rings. The number of amides is 1. The van der Waals surface area contributed by atoms with Crippen LogP contribution in [0, 0.1) is 0 Å². The van der Waals surface area contributed by atoms with Crippen LogP contribution in [-0.4, -0.2) is 29.8 Å². The van der Waals surface area contributed by atoms with Crippen molar-refractivity contribution in [3.05, 3.63) is 36.2 Å². The first-order valence-electron chi connectivity index (χ1n) is 5.37. The molecule has 2 rings (SSSR count). The van der Waals surface area contributed by atoms with Gasteiger partial charge in [-0.1, -0.05) is 0 Å². The van der Waals surface area contributed by atoms with E-state index in [1.54, 1.807) is 49.3 Å². The van der Waals surface area contributed by atoms with Crippen LogP contribution in [0.4, 0.5) is 5.69 Å². The highest BCUT2D eigenvalue weighted by molar-refractivity contribution is 5.91. The normalized spacial score (nSPS) is 10.1. The Morgan fingerprint density at radius 1 is 1.44 bits per heavy atom. The largest absolute Gasteiger partial charge is 0.497 e. The van der Waals surface area contributed by atoms with Gasteiger partial charge < -0.3 is 15.8 Å². The molecule has 2 aromatic rings. The molecule has 0 aliphatic heterocycles. The minimum Gasteiger partial charge on any atom is -0.497 e. The van der Waals surface area contributed by atoms with Gasteiger partial charge in [0.1, 0.15) is 5.75 Å². The number of benzene rings is 1. The third-order valence-corrected chi connectivity index (χ3v) is 2.53. The lowest BCUT2D eigenvalue weighted by molar-refractivity contribution is 0.0957. The molecule has 94 valence electrons. The molecule has 1 aromatic carbocycles. The second-order valence-electron chi connectivity index (χ2n) is 3.65. The third kappa shape index (κ3) is 2.13. The summed E-state index contributed by atoms with van der Waals surface area (Å²) >= 11 is 0. The quantitative estimate of drug-likeness (QED) is 0.786. The molecule has 1 aromatic heterocycles. The number of aromatic nitrogens is 2. The molecule has 0 unspecified atom stereocenters. The summed E-state index contributed by atoms with van der Waals surface area (Å²) in [5.41, 5.74) is 7.47. The fourth-order valence-corrected chi connectivity index (χ4v) is 1.58. The van der Waals surface area contributed by atoms with Crippen molar-refractivity contribution >= 4 is 11.6 Å². The zero-order valence-corrected chi connectivity index (χ0v) is 10.2. The first kappa shape index (κ1) is 12.0. The van der Waals surface area contributed by atoms with Gasteiger partial charge in [-0.15, -0.1) is 0 Å². The van der Waals surface area contributed by atoms with Gasteiger partial charge >= 0.3 is 0 Å². The second kappa shape index (κ2) is 4.79. The molecule has 0 saturated carbocycles. The van der Waals surface area contributed by atoms with E-state index in [0.717, 1.165) is 0 Å². The summed E-state index contributed by atoms with van der Waals surface area (Å²) in [6.07, 6.45) is 1.68. The molecule has 18 heavy (non-hydrogen) atoms. The van der Waals surface area contributed by atoms with Crippen LogP contribution in [0.25, 0.3) is 5.69 Å². The van der Waals surface area contributed by atoms with Gasteiger partial charge in [0.05, 0.1) is 18.5 Å². The molecule has 0 bridgehead atoms. The zero-order valence-electron chi connectivity index (χ0n) is 10.2.